The van der Waals surface area contributed by atoms with Crippen molar-refractivity contribution in [3.05, 3.63) is 29.3 Å². The molecule has 0 saturated heterocycles. The van der Waals surface area contributed by atoms with E-state index in [4.69, 9.17) is 0 Å². The number of anilines is 1. The maximum absolute atomic E-state index is 14.1. The highest BCUT2D eigenvalue weighted by molar-refractivity contribution is 5.81. The third kappa shape index (κ3) is 4.16. The molecule has 0 saturated carbocycles. The third-order valence-corrected chi connectivity index (χ3v) is 2.97. The van der Waals surface area contributed by atoms with Gasteiger partial charge in [0.2, 0.25) is 5.91 Å². The molecule has 20 heavy (non-hydrogen) atoms. The minimum atomic E-state index is -0.649. The molecule has 0 aliphatic rings. The van der Waals surface area contributed by atoms with Crippen molar-refractivity contribution in [3.63, 3.8) is 0 Å². The van der Waals surface area contributed by atoms with Crippen LogP contribution in [0.3, 0.4) is 0 Å². The van der Waals surface area contributed by atoms with E-state index < -0.39 is 11.6 Å². The number of nitrogens with one attached hydrogen (secondary N) is 2. The van der Waals surface area contributed by atoms with Crippen molar-refractivity contribution in [1.82, 2.24) is 10.6 Å². The van der Waals surface area contributed by atoms with E-state index in [9.17, 15) is 13.6 Å². The number of carbonyl (C=O) groups excluding carboxylic acids is 1. The molecule has 6 heteroatoms. The van der Waals surface area contributed by atoms with Crippen LogP contribution in [-0.4, -0.2) is 32.6 Å². The SMILES string of the molecule is CCNCc1cc(F)c(N(CC)CC(=O)NC)c(F)c1. The Kier molecular flexibility index (Phi) is 6.38. The average molecular weight is 285 g/mol. The number of benzene rings is 1. The molecule has 1 aromatic rings. The van der Waals surface area contributed by atoms with E-state index in [1.54, 1.807) is 6.92 Å². The number of hydrogen-bond acceptors (Lipinski definition) is 3. The van der Waals surface area contributed by atoms with Crippen molar-refractivity contribution in [2.45, 2.75) is 20.4 Å². The molecule has 0 aliphatic heterocycles. The molecule has 0 atom stereocenters. The Bertz CT molecular complexity index is 443. The monoisotopic (exact) mass is 285 g/mol. The highest BCUT2D eigenvalue weighted by atomic mass is 19.1. The normalized spacial score (nSPS) is 10.4. The molecule has 0 bridgehead atoms. The van der Waals surface area contributed by atoms with Crippen molar-refractivity contribution in [1.29, 1.82) is 0 Å². The summed E-state index contributed by atoms with van der Waals surface area (Å²) in [5.41, 5.74) is 0.387. The van der Waals surface area contributed by atoms with E-state index >= 15 is 0 Å². The van der Waals surface area contributed by atoms with Crippen LogP contribution in [0.15, 0.2) is 12.1 Å². The molecule has 1 aromatic carbocycles. The van der Waals surface area contributed by atoms with Crippen molar-refractivity contribution in [2.75, 3.05) is 31.6 Å². The minimum absolute atomic E-state index is 0.0760. The summed E-state index contributed by atoms with van der Waals surface area (Å²) in [5, 5.41) is 5.45. The molecule has 4 nitrogen and oxygen atoms in total. The number of hydrogen-bond donors (Lipinski definition) is 2. The summed E-state index contributed by atoms with van der Waals surface area (Å²) in [6.07, 6.45) is 0. The van der Waals surface area contributed by atoms with Gasteiger partial charge in [0.05, 0.1) is 6.54 Å². The summed E-state index contributed by atoms with van der Waals surface area (Å²) in [4.78, 5) is 12.8. The molecule has 1 amide bonds. The van der Waals surface area contributed by atoms with Gasteiger partial charge in [-0.2, -0.15) is 0 Å². The zero-order valence-electron chi connectivity index (χ0n) is 12.1. The molecule has 112 valence electrons. The van der Waals surface area contributed by atoms with Gasteiger partial charge in [-0.15, -0.1) is 0 Å². The Morgan fingerprint density at radius 3 is 2.30 bits per heavy atom. The van der Waals surface area contributed by atoms with E-state index in [2.05, 4.69) is 10.6 Å². The molecule has 0 aromatic heterocycles. The first kappa shape index (κ1) is 16.4. The lowest BCUT2D eigenvalue weighted by Gasteiger charge is -2.23. The van der Waals surface area contributed by atoms with Crippen LogP contribution in [-0.2, 0) is 11.3 Å². The Morgan fingerprint density at radius 2 is 1.85 bits per heavy atom. The minimum Gasteiger partial charge on any atom is -0.358 e. The predicted molar refractivity (Wildman–Crippen MR) is 75.7 cm³/mol. The number of rotatable bonds is 7. The van der Waals surface area contributed by atoms with Gasteiger partial charge < -0.3 is 15.5 Å². The fraction of sp³-hybridized carbons (Fsp3) is 0.500. The van der Waals surface area contributed by atoms with Crippen molar-refractivity contribution in [2.24, 2.45) is 0 Å². The first-order valence-corrected chi connectivity index (χ1v) is 6.67. The van der Waals surface area contributed by atoms with Crippen LogP contribution in [0.5, 0.6) is 0 Å². The van der Waals surface area contributed by atoms with E-state index in [1.807, 2.05) is 6.92 Å². The number of nitrogens with zero attached hydrogens (tertiary/aromatic N) is 1. The first-order chi connectivity index (χ1) is 9.53. The standard InChI is InChI=1S/C14H21F2N3O/c1-4-18-8-10-6-11(15)14(12(16)7-10)19(5-2)9-13(20)17-3/h6-7,18H,4-5,8-9H2,1-3H3,(H,17,20). The zero-order chi connectivity index (χ0) is 15.1. The number of halogens is 2. The molecule has 1 rings (SSSR count). The van der Waals surface area contributed by atoms with E-state index in [-0.39, 0.29) is 18.1 Å². The lowest BCUT2D eigenvalue weighted by atomic mass is 10.1. The average Bonchev–Trinajstić information content (AvgIpc) is 2.42. The first-order valence-electron chi connectivity index (χ1n) is 6.67. The summed E-state index contributed by atoms with van der Waals surface area (Å²) in [6, 6.07) is 2.60. The van der Waals surface area contributed by atoms with Crippen molar-refractivity contribution < 1.29 is 13.6 Å². The smallest absolute Gasteiger partial charge is 0.239 e. The van der Waals surface area contributed by atoms with Crippen molar-refractivity contribution >= 4 is 11.6 Å². The largest absolute Gasteiger partial charge is 0.358 e. The van der Waals surface area contributed by atoms with Crippen LogP contribution >= 0.6 is 0 Å². The lowest BCUT2D eigenvalue weighted by molar-refractivity contribution is -0.119. The topological polar surface area (TPSA) is 44.4 Å². The summed E-state index contributed by atoms with van der Waals surface area (Å²) >= 11 is 0. The van der Waals surface area contributed by atoms with Crippen LogP contribution < -0.4 is 15.5 Å². The second-order valence-electron chi connectivity index (χ2n) is 4.38. The lowest BCUT2D eigenvalue weighted by Crippen LogP contribution is -2.36. The highest BCUT2D eigenvalue weighted by Crippen LogP contribution is 2.24. The quantitative estimate of drug-likeness (QED) is 0.800. The number of carbonyl (C=O) groups is 1. The summed E-state index contributed by atoms with van der Waals surface area (Å²) in [7, 11) is 1.49. The molecular weight excluding hydrogens is 264 g/mol. The Hall–Kier alpha value is -1.69. The zero-order valence-corrected chi connectivity index (χ0v) is 12.1. The van der Waals surface area contributed by atoms with Gasteiger partial charge in [-0.3, -0.25) is 4.79 Å². The molecule has 0 fully saturated rings. The molecule has 0 radical (unpaired) electrons. The second kappa shape index (κ2) is 7.79. The predicted octanol–water partition coefficient (Wildman–Crippen LogP) is 1.65. The van der Waals surface area contributed by atoms with Crippen molar-refractivity contribution in [3.8, 4) is 0 Å². The maximum atomic E-state index is 14.1. The highest BCUT2D eigenvalue weighted by Gasteiger charge is 2.18. The second-order valence-corrected chi connectivity index (χ2v) is 4.38. The number of likely N-dealkylation sites (N-methyl/N-ethyl adjacent to an activating group) is 2. The molecule has 0 aliphatic carbocycles. The van der Waals surface area contributed by atoms with Crippen LogP contribution in [0.4, 0.5) is 14.5 Å². The summed E-state index contributed by atoms with van der Waals surface area (Å²) in [5.74, 6) is -1.59. The van der Waals surface area contributed by atoms with E-state index in [1.165, 1.54) is 24.1 Å². The summed E-state index contributed by atoms with van der Waals surface area (Å²) < 4.78 is 28.2. The maximum Gasteiger partial charge on any atom is 0.239 e. The molecule has 0 unspecified atom stereocenters. The van der Waals surface area contributed by atoms with Crippen LogP contribution in [0, 0.1) is 11.6 Å². The van der Waals surface area contributed by atoms with Gasteiger partial charge >= 0.3 is 0 Å². The van der Waals surface area contributed by atoms with Gasteiger partial charge in [-0.25, -0.2) is 8.78 Å². The fourth-order valence-corrected chi connectivity index (χ4v) is 1.89. The summed E-state index contributed by atoms with van der Waals surface area (Å²) in [6.45, 7) is 5.06. The van der Waals surface area contributed by atoms with Gasteiger partial charge in [0.15, 0.2) is 0 Å². The van der Waals surface area contributed by atoms with Gasteiger partial charge in [0.1, 0.15) is 17.3 Å². The van der Waals surface area contributed by atoms with Gasteiger partial charge in [-0.1, -0.05) is 6.92 Å². The molecule has 2 N–H and O–H groups in total. The van der Waals surface area contributed by atoms with Gasteiger partial charge in [0.25, 0.3) is 0 Å². The molecule has 0 spiro atoms. The van der Waals surface area contributed by atoms with Gasteiger partial charge in [-0.05, 0) is 31.2 Å². The van der Waals surface area contributed by atoms with Crippen LogP contribution in [0.1, 0.15) is 19.4 Å². The molecular formula is C14H21F2N3O. The molecule has 0 heterocycles. The Morgan fingerprint density at radius 1 is 1.25 bits per heavy atom. The van der Waals surface area contributed by atoms with Crippen LogP contribution in [0.2, 0.25) is 0 Å². The fourth-order valence-electron chi connectivity index (χ4n) is 1.89. The van der Waals surface area contributed by atoms with Crippen LogP contribution in [0.25, 0.3) is 0 Å². The Balaban J connectivity index is 3.01. The van der Waals surface area contributed by atoms with E-state index in [0.29, 0.717) is 18.7 Å². The Labute approximate surface area is 118 Å². The third-order valence-electron chi connectivity index (χ3n) is 2.97. The number of amides is 1. The van der Waals surface area contributed by atoms with Gasteiger partial charge in [0, 0.05) is 20.1 Å². The van der Waals surface area contributed by atoms with E-state index in [0.717, 1.165) is 6.54 Å².